The van der Waals surface area contributed by atoms with E-state index in [2.05, 4.69) is 21.2 Å². The fourth-order valence-electron chi connectivity index (χ4n) is 2.23. The molecule has 0 radical (unpaired) electrons. The lowest BCUT2D eigenvalue weighted by atomic mass is 10.2. The van der Waals surface area contributed by atoms with Crippen molar-refractivity contribution in [3.05, 3.63) is 32.8 Å². The molecule has 0 atom stereocenters. The predicted molar refractivity (Wildman–Crippen MR) is 74.2 cm³/mol. The smallest absolute Gasteiger partial charge is 0.293 e. The maximum Gasteiger partial charge on any atom is 0.293 e. The Kier molecular flexibility index (Phi) is 4.49. The van der Waals surface area contributed by atoms with Gasteiger partial charge < -0.3 is 10.2 Å². The molecule has 1 amide bonds. The van der Waals surface area contributed by atoms with Gasteiger partial charge in [-0.25, -0.2) is 0 Å². The molecule has 19 heavy (non-hydrogen) atoms. The fraction of sp³-hybridized carbons (Fsp3) is 0.417. The second kappa shape index (κ2) is 6.12. The van der Waals surface area contributed by atoms with Crippen molar-refractivity contribution in [2.75, 3.05) is 25.0 Å². The molecule has 0 aromatic heterocycles. The van der Waals surface area contributed by atoms with Gasteiger partial charge in [-0.15, -0.1) is 0 Å². The highest BCUT2D eigenvalue weighted by Crippen LogP contribution is 2.27. The second-order valence-electron chi connectivity index (χ2n) is 4.60. The molecule has 102 valence electrons. The Hall–Kier alpha value is -1.47. The van der Waals surface area contributed by atoms with E-state index in [9.17, 15) is 14.9 Å². The summed E-state index contributed by atoms with van der Waals surface area (Å²) in [4.78, 5) is 23.5. The number of nitrogens with zero attached hydrogens (tertiary/aromatic N) is 1. The summed E-state index contributed by atoms with van der Waals surface area (Å²) in [6.07, 6.45) is 2.28. The normalized spacial score (nSPS) is 15.4. The number of carbonyl (C=O) groups is 1. The zero-order valence-electron chi connectivity index (χ0n) is 10.3. The Bertz CT molecular complexity index is 501. The first-order valence-corrected chi connectivity index (χ1v) is 6.93. The highest BCUT2D eigenvalue weighted by atomic mass is 79.9. The van der Waals surface area contributed by atoms with E-state index < -0.39 is 4.92 Å². The molecule has 1 aromatic carbocycles. The molecule has 1 aliphatic heterocycles. The topological polar surface area (TPSA) is 76.7 Å². The molecule has 1 saturated heterocycles. The maximum absolute atomic E-state index is 11.9. The lowest BCUT2D eigenvalue weighted by Gasteiger charge is -2.12. The van der Waals surface area contributed by atoms with Gasteiger partial charge in [0, 0.05) is 23.4 Å². The highest BCUT2D eigenvalue weighted by molar-refractivity contribution is 9.10. The number of benzene rings is 1. The third-order valence-electron chi connectivity index (χ3n) is 3.15. The molecule has 2 rings (SSSR count). The summed E-state index contributed by atoms with van der Waals surface area (Å²) in [5.41, 5.74) is 0.149. The number of carbonyl (C=O) groups excluding carboxylic acids is 1. The molecule has 6 nitrogen and oxygen atoms in total. The van der Waals surface area contributed by atoms with Gasteiger partial charge in [-0.2, -0.15) is 0 Å². The number of amides is 1. The Morgan fingerprint density at radius 3 is 2.74 bits per heavy atom. The van der Waals surface area contributed by atoms with Crippen LogP contribution in [0.5, 0.6) is 0 Å². The standard InChI is InChI=1S/C12H14BrN3O3/c13-9-3-4-10(11(7-9)16(18)19)14-12(17)8-15-5-1-2-6-15/h3-4,7H,1-2,5-6,8H2,(H,14,17)/p+1. The number of quaternary nitrogens is 1. The molecule has 2 N–H and O–H groups in total. The number of likely N-dealkylation sites (tertiary alicyclic amines) is 1. The lowest BCUT2D eigenvalue weighted by Crippen LogP contribution is -3.11. The highest BCUT2D eigenvalue weighted by Gasteiger charge is 2.21. The van der Waals surface area contributed by atoms with E-state index in [1.807, 2.05) is 0 Å². The van der Waals surface area contributed by atoms with Crippen LogP contribution in [0, 0.1) is 10.1 Å². The zero-order valence-corrected chi connectivity index (χ0v) is 11.9. The molecule has 0 spiro atoms. The maximum atomic E-state index is 11.9. The van der Waals surface area contributed by atoms with E-state index in [1.54, 1.807) is 12.1 Å². The minimum Gasteiger partial charge on any atom is -0.327 e. The van der Waals surface area contributed by atoms with Crippen LogP contribution in [0.15, 0.2) is 22.7 Å². The number of anilines is 1. The molecule has 0 bridgehead atoms. The summed E-state index contributed by atoms with van der Waals surface area (Å²) in [7, 11) is 0. The second-order valence-corrected chi connectivity index (χ2v) is 5.52. The van der Waals surface area contributed by atoms with Crippen molar-refractivity contribution in [2.24, 2.45) is 0 Å². The van der Waals surface area contributed by atoms with Crippen LogP contribution in [0.2, 0.25) is 0 Å². The number of rotatable bonds is 4. The van der Waals surface area contributed by atoms with Crippen LogP contribution in [0.3, 0.4) is 0 Å². The summed E-state index contributed by atoms with van der Waals surface area (Å²) in [6.45, 7) is 2.36. The summed E-state index contributed by atoms with van der Waals surface area (Å²) >= 11 is 3.18. The molecule has 0 unspecified atom stereocenters. The first kappa shape index (κ1) is 14.0. The van der Waals surface area contributed by atoms with E-state index in [0.717, 1.165) is 25.9 Å². The SMILES string of the molecule is O=C(C[NH+]1CCCC1)Nc1ccc(Br)cc1[N+](=O)[O-]. The number of nitrogens with one attached hydrogen (secondary N) is 2. The Morgan fingerprint density at radius 2 is 2.11 bits per heavy atom. The lowest BCUT2D eigenvalue weighted by molar-refractivity contribution is -0.878. The predicted octanol–water partition coefficient (Wildman–Crippen LogP) is 0.974. The van der Waals surface area contributed by atoms with Crippen LogP contribution in [0.1, 0.15) is 12.8 Å². The number of nitro groups is 1. The minimum absolute atomic E-state index is 0.0980. The molecule has 1 heterocycles. The Morgan fingerprint density at radius 1 is 1.42 bits per heavy atom. The van der Waals surface area contributed by atoms with Crippen molar-refractivity contribution < 1.29 is 14.6 Å². The first-order chi connectivity index (χ1) is 9.06. The van der Waals surface area contributed by atoms with Crippen LogP contribution in [0.25, 0.3) is 0 Å². The average molecular weight is 329 g/mol. The molecular formula is C12H15BrN3O3+. The number of hydrogen-bond donors (Lipinski definition) is 2. The van der Waals surface area contributed by atoms with Gasteiger partial charge in [0.15, 0.2) is 6.54 Å². The van der Waals surface area contributed by atoms with E-state index in [-0.39, 0.29) is 17.3 Å². The van der Waals surface area contributed by atoms with Crippen molar-refractivity contribution in [3.8, 4) is 0 Å². The minimum atomic E-state index is -0.497. The van der Waals surface area contributed by atoms with Crippen LogP contribution in [0.4, 0.5) is 11.4 Å². The van der Waals surface area contributed by atoms with E-state index in [0.29, 0.717) is 11.0 Å². The van der Waals surface area contributed by atoms with E-state index >= 15 is 0 Å². The van der Waals surface area contributed by atoms with E-state index in [1.165, 1.54) is 11.0 Å². The van der Waals surface area contributed by atoms with Gasteiger partial charge in [0.25, 0.3) is 11.6 Å². The quantitative estimate of drug-likeness (QED) is 0.638. The van der Waals surface area contributed by atoms with Crippen LogP contribution in [-0.2, 0) is 4.79 Å². The zero-order chi connectivity index (χ0) is 13.8. The number of nitro benzene ring substituents is 1. The number of halogens is 1. The first-order valence-electron chi connectivity index (χ1n) is 6.13. The molecule has 0 saturated carbocycles. The van der Waals surface area contributed by atoms with Crippen molar-refractivity contribution in [1.82, 2.24) is 0 Å². The average Bonchev–Trinajstić information content (AvgIpc) is 2.83. The van der Waals surface area contributed by atoms with Gasteiger partial charge >= 0.3 is 0 Å². The van der Waals surface area contributed by atoms with E-state index in [4.69, 9.17) is 0 Å². The van der Waals surface area contributed by atoms with Gasteiger partial charge in [-0.1, -0.05) is 15.9 Å². The Labute approximate surface area is 119 Å². The van der Waals surface area contributed by atoms with Crippen molar-refractivity contribution in [2.45, 2.75) is 12.8 Å². The van der Waals surface area contributed by atoms with Crippen molar-refractivity contribution in [1.29, 1.82) is 0 Å². The summed E-state index contributed by atoms with van der Waals surface area (Å²) < 4.78 is 0.613. The summed E-state index contributed by atoms with van der Waals surface area (Å²) in [6, 6.07) is 4.60. The van der Waals surface area contributed by atoms with Crippen molar-refractivity contribution in [3.63, 3.8) is 0 Å². The molecular weight excluding hydrogens is 314 g/mol. The number of hydrogen-bond acceptors (Lipinski definition) is 3. The van der Waals surface area contributed by atoms with Crippen LogP contribution < -0.4 is 10.2 Å². The van der Waals surface area contributed by atoms with Crippen LogP contribution >= 0.6 is 15.9 Å². The van der Waals surface area contributed by atoms with Gasteiger partial charge in [-0.3, -0.25) is 14.9 Å². The summed E-state index contributed by atoms with van der Waals surface area (Å²) in [5, 5.41) is 13.6. The largest absolute Gasteiger partial charge is 0.327 e. The summed E-state index contributed by atoms with van der Waals surface area (Å²) in [5.74, 6) is -0.178. The monoisotopic (exact) mass is 328 g/mol. The van der Waals surface area contributed by atoms with Gasteiger partial charge in [0.05, 0.1) is 18.0 Å². The molecule has 7 heteroatoms. The fourth-order valence-corrected chi connectivity index (χ4v) is 2.58. The van der Waals surface area contributed by atoms with Gasteiger partial charge in [0.1, 0.15) is 5.69 Å². The van der Waals surface area contributed by atoms with Crippen LogP contribution in [-0.4, -0.2) is 30.5 Å². The molecule has 1 fully saturated rings. The van der Waals surface area contributed by atoms with Crippen molar-refractivity contribution >= 4 is 33.2 Å². The van der Waals surface area contributed by atoms with Gasteiger partial charge in [0.2, 0.25) is 0 Å². The van der Waals surface area contributed by atoms with Gasteiger partial charge in [-0.05, 0) is 12.1 Å². The third-order valence-corrected chi connectivity index (χ3v) is 3.65. The molecule has 0 aliphatic carbocycles. The molecule has 1 aliphatic rings. The third kappa shape index (κ3) is 3.74. The molecule has 1 aromatic rings. The Balaban J connectivity index is 2.05.